The van der Waals surface area contributed by atoms with Crippen molar-refractivity contribution in [1.29, 1.82) is 0 Å². The third-order valence-electron chi connectivity index (χ3n) is 4.50. The Labute approximate surface area is 159 Å². The van der Waals surface area contributed by atoms with Crippen LogP contribution in [-0.2, 0) is 4.79 Å². The molecule has 156 valence electrons. The molecule has 0 radical (unpaired) electrons. The quantitative estimate of drug-likeness (QED) is 0.128. The molecule has 0 amide bonds. The van der Waals surface area contributed by atoms with Crippen LogP contribution in [0.15, 0.2) is 12.2 Å². The van der Waals surface area contributed by atoms with Gasteiger partial charge in [0.15, 0.2) is 0 Å². The van der Waals surface area contributed by atoms with Gasteiger partial charge in [0.1, 0.15) is 18.5 Å². The van der Waals surface area contributed by atoms with Crippen LogP contribution in [0.1, 0.15) is 71.1 Å². The number of hydrogen-bond acceptors (Lipinski definition) is 7. The summed E-state index contributed by atoms with van der Waals surface area (Å²) >= 11 is 0. The molecular weight excluding hydrogens is 356 g/mol. The molecule has 0 aliphatic carbocycles. The number of allylic oxidation sites excluding steroid dienone is 1. The summed E-state index contributed by atoms with van der Waals surface area (Å²) in [6, 6.07) is -2.83. The second-order valence-corrected chi connectivity index (χ2v) is 6.73. The predicted octanol–water partition coefficient (Wildman–Crippen LogP) is 2.67. The number of carbonyl (C=O) groups excluding carboxylic acids is 1. The molecule has 4 atom stereocenters. The fraction of sp³-hybridized carbons (Fsp3) is 0.833. The minimum atomic E-state index is -1.53. The van der Waals surface area contributed by atoms with Crippen LogP contribution in [0.5, 0.6) is 0 Å². The maximum atomic E-state index is 11.2. The fourth-order valence-electron chi connectivity index (χ4n) is 2.83. The van der Waals surface area contributed by atoms with Gasteiger partial charge in [0, 0.05) is 22.7 Å². The molecule has 4 unspecified atom stereocenters. The monoisotopic (exact) mass is 388 g/mol. The first-order valence-electron chi connectivity index (χ1n) is 9.56. The Morgan fingerprint density at radius 3 is 2.07 bits per heavy atom. The van der Waals surface area contributed by atoms with Gasteiger partial charge in [-0.2, -0.15) is 0 Å². The first-order chi connectivity index (χ1) is 12.8. The van der Waals surface area contributed by atoms with Crippen molar-refractivity contribution in [2.45, 2.75) is 95.4 Å². The van der Waals surface area contributed by atoms with Crippen molar-refractivity contribution in [2.75, 3.05) is 0 Å². The van der Waals surface area contributed by atoms with Crippen LogP contribution in [-0.4, -0.2) is 50.6 Å². The van der Waals surface area contributed by atoms with Gasteiger partial charge < -0.3 is 15.0 Å². The van der Waals surface area contributed by atoms with E-state index in [0.717, 1.165) is 25.7 Å². The molecule has 0 saturated heterocycles. The highest BCUT2D eigenvalue weighted by molar-refractivity contribution is 5.48. The Kier molecular flexibility index (Phi) is 14.2. The van der Waals surface area contributed by atoms with Gasteiger partial charge in [0.25, 0.3) is 0 Å². The molecule has 27 heavy (non-hydrogen) atoms. The molecule has 0 rings (SSSR count). The zero-order valence-electron chi connectivity index (χ0n) is 15.9. The van der Waals surface area contributed by atoms with E-state index < -0.39 is 40.6 Å². The number of aliphatic hydroxyl groups is 2. The number of hydrogen-bond donors (Lipinski definition) is 2. The Morgan fingerprint density at radius 1 is 0.889 bits per heavy atom. The van der Waals surface area contributed by atoms with E-state index >= 15 is 0 Å². The Morgan fingerprint density at radius 2 is 1.52 bits per heavy atom. The summed E-state index contributed by atoms with van der Waals surface area (Å²) in [5, 5.41) is 42.6. The number of carbonyl (C=O) groups is 1. The van der Waals surface area contributed by atoms with Crippen molar-refractivity contribution in [3.05, 3.63) is 32.4 Å². The number of aldehydes is 1. The number of unbranched alkanes of at least 4 members (excludes halogenated alkanes) is 5. The molecule has 0 fully saturated rings. The zero-order chi connectivity index (χ0) is 20.7. The molecule has 0 spiro atoms. The minimum absolute atomic E-state index is 0.0276. The maximum Gasteiger partial charge on any atom is 0.241 e. The van der Waals surface area contributed by atoms with Crippen LogP contribution >= 0.6 is 0 Å². The van der Waals surface area contributed by atoms with Crippen molar-refractivity contribution >= 4 is 6.29 Å². The van der Waals surface area contributed by atoms with Gasteiger partial charge in [-0.05, 0) is 32.1 Å². The molecule has 0 aromatic rings. The molecule has 0 aliphatic rings. The van der Waals surface area contributed by atoms with Gasteiger partial charge in [-0.15, -0.1) is 0 Å². The van der Waals surface area contributed by atoms with E-state index in [1.54, 1.807) is 6.08 Å². The van der Waals surface area contributed by atoms with Crippen LogP contribution in [0.4, 0.5) is 0 Å². The van der Waals surface area contributed by atoms with Gasteiger partial charge in [-0.3, -0.25) is 20.2 Å². The van der Waals surface area contributed by atoms with E-state index in [-0.39, 0.29) is 19.3 Å². The second kappa shape index (κ2) is 15.2. The predicted molar refractivity (Wildman–Crippen MR) is 101 cm³/mol. The summed E-state index contributed by atoms with van der Waals surface area (Å²) in [7, 11) is 0. The van der Waals surface area contributed by atoms with Crippen molar-refractivity contribution in [3.63, 3.8) is 0 Å². The number of nitro groups is 2. The molecule has 0 saturated carbocycles. The van der Waals surface area contributed by atoms with E-state index in [2.05, 4.69) is 6.92 Å². The molecule has 0 bridgehead atoms. The summed E-state index contributed by atoms with van der Waals surface area (Å²) in [5.41, 5.74) is 0. The van der Waals surface area contributed by atoms with Gasteiger partial charge in [-0.1, -0.05) is 31.9 Å². The minimum Gasteiger partial charge on any atom is -0.386 e. The summed E-state index contributed by atoms with van der Waals surface area (Å²) in [6.45, 7) is 2.08. The fourth-order valence-corrected chi connectivity index (χ4v) is 2.83. The highest BCUT2D eigenvalue weighted by Crippen LogP contribution is 2.18. The highest BCUT2D eigenvalue weighted by Gasteiger charge is 2.38. The first-order valence-corrected chi connectivity index (χ1v) is 9.56. The number of nitrogens with zero attached hydrogens (tertiary/aromatic N) is 2. The number of rotatable bonds is 17. The van der Waals surface area contributed by atoms with Crippen LogP contribution < -0.4 is 0 Å². The van der Waals surface area contributed by atoms with E-state index in [0.29, 0.717) is 19.1 Å². The third-order valence-corrected chi connectivity index (χ3v) is 4.50. The normalized spacial score (nSPS) is 16.0. The standard InChI is InChI=1S/C18H32N2O7/c1-2-3-4-5-6-9-12-17(22)16(20(26)27)14-18(23)15(19(24)25)11-8-7-10-13-21/h6,9,13,15-18,22-23H,2-5,7-8,10-12,14H2,1H3/b9-6-. The van der Waals surface area contributed by atoms with Gasteiger partial charge >= 0.3 is 0 Å². The molecule has 0 aromatic carbocycles. The van der Waals surface area contributed by atoms with Crippen LogP contribution in [0.25, 0.3) is 0 Å². The molecule has 9 nitrogen and oxygen atoms in total. The molecule has 0 aliphatic heterocycles. The lowest BCUT2D eigenvalue weighted by Gasteiger charge is -2.20. The molecule has 0 heterocycles. The zero-order valence-corrected chi connectivity index (χ0v) is 15.9. The number of aliphatic hydroxyl groups excluding tert-OH is 2. The van der Waals surface area contributed by atoms with Crippen LogP contribution in [0.2, 0.25) is 0 Å². The Hall–Kier alpha value is -1.87. The first kappa shape index (κ1) is 25.1. The topological polar surface area (TPSA) is 144 Å². The maximum absolute atomic E-state index is 11.2. The molecular formula is C18H32N2O7. The summed E-state index contributed by atoms with van der Waals surface area (Å²) in [6.07, 6.45) is 6.12. The average Bonchev–Trinajstić information content (AvgIpc) is 2.61. The lowest BCUT2D eigenvalue weighted by atomic mass is 9.95. The summed E-state index contributed by atoms with van der Waals surface area (Å²) < 4.78 is 0. The lowest BCUT2D eigenvalue weighted by Crippen LogP contribution is -2.42. The van der Waals surface area contributed by atoms with Crippen LogP contribution in [0.3, 0.4) is 0 Å². The molecule has 0 aromatic heterocycles. The lowest BCUT2D eigenvalue weighted by molar-refractivity contribution is -0.554. The second-order valence-electron chi connectivity index (χ2n) is 6.73. The molecule has 2 N–H and O–H groups in total. The van der Waals surface area contributed by atoms with Crippen molar-refractivity contribution in [3.8, 4) is 0 Å². The van der Waals surface area contributed by atoms with Gasteiger partial charge in [0.2, 0.25) is 12.1 Å². The van der Waals surface area contributed by atoms with Crippen molar-refractivity contribution in [2.24, 2.45) is 0 Å². The van der Waals surface area contributed by atoms with Crippen molar-refractivity contribution in [1.82, 2.24) is 0 Å². The molecule has 9 heteroatoms. The Balaban J connectivity index is 4.66. The van der Waals surface area contributed by atoms with E-state index in [1.807, 2.05) is 6.08 Å². The van der Waals surface area contributed by atoms with Crippen molar-refractivity contribution < 1.29 is 24.9 Å². The third kappa shape index (κ3) is 11.4. The smallest absolute Gasteiger partial charge is 0.241 e. The Bertz CT molecular complexity index is 471. The summed E-state index contributed by atoms with van der Waals surface area (Å²) in [5.74, 6) is 0. The van der Waals surface area contributed by atoms with Gasteiger partial charge in [0.05, 0.1) is 6.42 Å². The average molecular weight is 388 g/mol. The van der Waals surface area contributed by atoms with Crippen LogP contribution in [0, 0.1) is 20.2 Å². The SMILES string of the molecule is CCCCC/C=C\CC(O)C(CC(O)C(CCCCC=O)[N+](=O)[O-])[N+](=O)[O-]. The van der Waals surface area contributed by atoms with E-state index in [9.17, 15) is 35.2 Å². The highest BCUT2D eigenvalue weighted by atomic mass is 16.6. The summed E-state index contributed by atoms with van der Waals surface area (Å²) in [4.78, 5) is 31.3. The van der Waals surface area contributed by atoms with E-state index in [1.165, 1.54) is 0 Å². The largest absolute Gasteiger partial charge is 0.386 e. The van der Waals surface area contributed by atoms with E-state index in [4.69, 9.17) is 0 Å². The van der Waals surface area contributed by atoms with Gasteiger partial charge in [-0.25, -0.2) is 0 Å².